The van der Waals surface area contributed by atoms with E-state index in [1.54, 1.807) is 6.07 Å². The zero-order valence-corrected chi connectivity index (χ0v) is 15.7. The van der Waals surface area contributed by atoms with E-state index in [9.17, 15) is 13.2 Å². The van der Waals surface area contributed by atoms with Gasteiger partial charge in [0.25, 0.3) is 0 Å². The van der Waals surface area contributed by atoms with Gasteiger partial charge < -0.3 is 5.32 Å². The van der Waals surface area contributed by atoms with Gasteiger partial charge in [0.05, 0.1) is 17.4 Å². The van der Waals surface area contributed by atoms with Crippen molar-refractivity contribution in [2.45, 2.75) is 45.4 Å². The van der Waals surface area contributed by atoms with Crippen molar-refractivity contribution in [1.82, 2.24) is 0 Å². The molecule has 0 radical (unpaired) electrons. The summed E-state index contributed by atoms with van der Waals surface area (Å²) in [5.74, 6) is 2.29. The molecular formula is C19H26N2O3S. The van der Waals surface area contributed by atoms with Gasteiger partial charge in [-0.05, 0) is 80.9 Å². The number of carbonyl (C=O) groups excluding carboxylic acids is 1. The van der Waals surface area contributed by atoms with Crippen LogP contribution in [0.25, 0.3) is 0 Å². The van der Waals surface area contributed by atoms with Gasteiger partial charge >= 0.3 is 0 Å². The molecule has 0 unspecified atom stereocenters. The quantitative estimate of drug-likeness (QED) is 0.860. The van der Waals surface area contributed by atoms with Crippen LogP contribution in [-0.4, -0.2) is 20.6 Å². The summed E-state index contributed by atoms with van der Waals surface area (Å²) in [5, 5.41) is 3.08. The molecule has 0 spiro atoms. The number of benzene rings is 1. The lowest BCUT2D eigenvalue weighted by atomic mass is 9.49. The van der Waals surface area contributed by atoms with E-state index >= 15 is 0 Å². The van der Waals surface area contributed by atoms with Crippen molar-refractivity contribution in [3.05, 3.63) is 23.8 Å². The molecule has 4 aliphatic carbocycles. The molecule has 0 aliphatic heterocycles. The number of nitrogens with one attached hydrogen (secondary N) is 2. The summed E-state index contributed by atoms with van der Waals surface area (Å²) in [4.78, 5) is 13.1. The van der Waals surface area contributed by atoms with Gasteiger partial charge in [-0.1, -0.05) is 6.07 Å². The van der Waals surface area contributed by atoms with Gasteiger partial charge in [-0.3, -0.25) is 9.52 Å². The van der Waals surface area contributed by atoms with Gasteiger partial charge in [0.15, 0.2) is 0 Å². The van der Waals surface area contributed by atoms with Crippen LogP contribution in [0.3, 0.4) is 0 Å². The number of sulfonamides is 1. The number of amides is 1. The highest BCUT2D eigenvalue weighted by molar-refractivity contribution is 7.92. The molecule has 4 fully saturated rings. The second kappa shape index (κ2) is 5.73. The van der Waals surface area contributed by atoms with Crippen molar-refractivity contribution in [1.29, 1.82) is 0 Å². The lowest BCUT2D eigenvalue weighted by Gasteiger charge is -2.55. The van der Waals surface area contributed by atoms with Crippen molar-refractivity contribution in [2.24, 2.45) is 23.2 Å². The largest absolute Gasteiger partial charge is 0.326 e. The molecule has 1 aromatic rings. The van der Waals surface area contributed by atoms with Crippen LogP contribution in [0.5, 0.6) is 0 Å². The van der Waals surface area contributed by atoms with Gasteiger partial charge in [0.1, 0.15) is 0 Å². The van der Waals surface area contributed by atoms with Crippen LogP contribution in [0.15, 0.2) is 18.2 Å². The first-order valence-electron chi connectivity index (χ1n) is 9.12. The van der Waals surface area contributed by atoms with E-state index in [1.807, 2.05) is 19.1 Å². The van der Waals surface area contributed by atoms with E-state index in [4.69, 9.17) is 0 Å². The second-order valence-corrected chi connectivity index (χ2v) is 10.3. The Labute approximate surface area is 149 Å². The van der Waals surface area contributed by atoms with E-state index in [0.717, 1.165) is 48.8 Å². The molecule has 0 aromatic heterocycles. The molecule has 25 heavy (non-hydrogen) atoms. The van der Waals surface area contributed by atoms with Crippen LogP contribution < -0.4 is 10.0 Å². The van der Waals surface area contributed by atoms with Crippen molar-refractivity contribution in [3.63, 3.8) is 0 Å². The second-order valence-electron chi connectivity index (χ2n) is 8.56. The van der Waals surface area contributed by atoms with Crippen LogP contribution in [0.1, 0.15) is 44.1 Å². The number of rotatable bonds is 4. The predicted octanol–water partition coefficient (Wildman–Crippen LogP) is 3.52. The number of carbonyl (C=O) groups is 1. The molecule has 1 amide bonds. The third-order valence-electron chi connectivity index (χ3n) is 6.31. The predicted molar refractivity (Wildman–Crippen MR) is 98.9 cm³/mol. The molecule has 4 aliphatic rings. The summed E-state index contributed by atoms with van der Waals surface area (Å²) in [6.07, 6.45) is 8.10. The maximum absolute atomic E-state index is 13.1. The van der Waals surface area contributed by atoms with E-state index in [0.29, 0.717) is 11.4 Å². The monoisotopic (exact) mass is 362 g/mol. The Morgan fingerprint density at radius 2 is 1.64 bits per heavy atom. The Morgan fingerprint density at radius 1 is 1.08 bits per heavy atom. The van der Waals surface area contributed by atoms with Gasteiger partial charge in [-0.15, -0.1) is 0 Å². The van der Waals surface area contributed by atoms with Crippen molar-refractivity contribution in [3.8, 4) is 0 Å². The third-order valence-corrected chi connectivity index (χ3v) is 6.90. The summed E-state index contributed by atoms with van der Waals surface area (Å²) in [6, 6.07) is 5.40. The van der Waals surface area contributed by atoms with Crippen LogP contribution in [0, 0.1) is 30.1 Å². The van der Waals surface area contributed by atoms with Crippen LogP contribution >= 0.6 is 0 Å². The van der Waals surface area contributed by atoms with E-state index in [1.165, 1.54) is 19.3 Å². The van der Waals surface area contributed by atoms with Gasteiger partial charge in [-0.2, -0.15) is 0 Å². The van der Waals surface area contributed by atoms with Crippen LogP contribution in [-0.2, 0) is 14.8 Å². The van der Waals surface area contributed by atoms with Gasteiger partial charge in [0.2, 0.25) is 15.9 Å². The minimum atomic E-state index is -3.34. The fourth-order valence-corrected chi connectivity index (χ4v) is 6.28. The highest BCUT2D eigenvalue weighted by Gasteiger charge is 2.54. The number of aryl methyl sites for hydroxylation is 1. The molecule has 136 valence electrons. The van der Waals surface area contributed by atoms with Crippen LogP contribution in [0.2, 0.25) is 0 Å². The maximum atomic E-state index is 13.1. The molecule has 6 heteroatoms. The Balaban J connectivity index is 1.54. The fraction of sp³-hybridized carbons (Fsp3) is 0.632. The minimum absolute atomic E-state index is 0.126. The summed E-state index contributed by atoms with van der Waals surface area (Å²) >= 11 is 0. The molecule has 0 atom stereocenters. The molecule has 5 nitrogen and oxygen atoms in total. The van der Waals surface area contributed by atoms with Crippen molar-refractivity contribution in [2.75, 3.05) is 16.3 Å². The molecule has 1 aromatic carbocycles. The smallest absolute Gasteiger partial charge is 0.230 e. The lowest BCUT2D eigenvalue weighted by molar-refractivity contribution is -0.140. The van der Waals surface area contributed by atoms with Gasteiger partial charge in [-0.25, -0.2) is 8.42 Å². The number of hydrogen-bond donors (Lipinski definition) is 2. The first-order chi connectivity index (χ1) is 11.7. The molecule has 2 N–H and O–H groups in total. The average Bonchev–Trinajstić information content (AvgIpc) is 2.48. The SMILES string of the molecule is Cc1ccc(NC(=O)C23CC4CC(CC(C4)C2)C3)cc1NS(C)(=O)=O. The highest BCUT2D eigenvalue weighted by atomic mass is 32.2. The van der Waals surface area contributed by atoms with E-state index in [2.05, 4.69) is 10.0 Å². The van der Waals surface area contributed by atoms with Gasteiger partial charge in [0, 0.05) is 5.69 Å². The fourth-order valence-electron chi connectivity index (χ4n) is 5.66. The minimum Gasteiger partial charge on any atom is -0.326 e. The Hall–Kier alpha value is -1.56. The standard InChI is InChI=1S/C19H26N2O3S/c1-12-3-4-16(8-17(12)21-25(2,23)24)20-18(22)19-9-13-5-14(10-19)7-15(6-13)11-19/h3-4,8,13-15,21H,5-7,9-11H2,1-2H3,(H,20,22). The number of anilines is 2. The summed E-state index contributed by atoms with van der Waals surface area (Å²) in [6.45, 7) is 1.85. The first kappa shape index (κ1) is 16.9. The van der Waals surface area contributed by atoms with Crippen LogP contribution in [0.4, 0.5) is 11.4 Å². The Morgan fingerprint density at radius 3 is 2.16 bits per heavy atom. The highest BCUT2D eigenvalue weighted by Crippen LogP contribution is 2.60. The topological polar surface area (TPSA) is 75.3 Å². The normalized spacial score (nSPS) is 33.3. The first-order valence-corrected chi connectivity index (χ1v) is 11.0. The number of hydrogen-bond acceptors (Lipinski definition) is 3. The Bertz CT molecular complexity index is 781. The summed E-state index contributed by atoms with van der Waals surface area (Å²) < 4.78 is 25.6. The zero-order chi connectivity index (χ0) is 17.8. The van der Waals surface area contributed by atoms with E-state index in [-0.39, 0.29) is 11.3 Å². The molecule has 0 saturated heterocycles. The van der Waals surface area contributed by atoms with Crippen molar-refractivity contribution < 1.29 is 13.2 Å². The zero-order valence-electron chi connectivity index (χ0n) is 14.8. The maximum Gasteiger partial charge on any atom is 0.230 e. The third kappa shape index (κ3) is 3.28. The summed E-state index contributed by atoms with van der Waals surface area (Å²) in [7, 11) is -3.34. The Kier molecular flexibility index (Phi) is 3.87. The molecule has 0 heterocycles. The molecule has 5 rings (SSSR count). The molecule has 4 saturated carbocycles. The van der Waals surface area contributed by atoms with E-state index < -0.39 is 10.0 Å². The summed E-state index contributed by atoms with van der Waals surface area (Å²) in [5.41, 5.74) is 1.81. The average molecular weight is 362 g/mol. The molecule has 4 bridgehead atoms. The molecular weight excluding hydrogens is 336 g/mol. The van der Waals surface area contributed by atoms with Crippen molar-refractivity contribution >= 4 is 27.3 Å². The lowest BCUT2D eigenvalue weighted by Crippen LogP contribution is -2.51.